The summed E-state index contributed by atoms with van der Waals surface area (Å²) in [5.41, 5.74) is 0.474. The summed E-state index contributed by atoms with van der Waals surface area (Å²) in [5, 5.41) is 1.91. The van der Waals surface area contributed by atoms with E-state index in [0.29, 0.717) is 0 Å². The van der Waals surface area contributed by atoms with Crippen molar-refractivity contribution < 1.29 is 54.3 Å². The molecule has 270 valence electrons. The Hall–Kier alpha value is -1.66. The zero-order valence-electron chi connectivity index (χ0n) is 29.5. The minimum absolute atomic E-state index is 0.0147. The Morgan fingerprint density at radius 2 is 1.00 bits per heavy atom. The van der Waals surface area contributed by atoms with Gasteiger partial charge in [-0.3, -0.25) is 9.59 Å². The first kappa shape index (κ1) is 42.4. The van der Waals surface area contributed by atoms with Crippen molar-refractivity contribution in [1.82, 2.24) is 10.2 Å². The lowest BCUT2D eigenvalue weighted by Crippen LogP contribution is -2.75. The van der Waals surface area contributed by atoms with E-state index in [1.807, 2.05) is 88.4 Å². The van der Waals surface area contributed by atoms with Crippen LogP contribution in [0.1, 0.15) is 96.9 Å². The fourth-order valence-corrected chi connectivity index (χ4v) is 18.3. The standard InChI is InChI=1S/C17H30F3NO4Si.C13H24F3NO2Si/c1-9(2)24-16(23)21-14(17(18,19)20)13(15(21)22)25-26(10(3)4,11(5)6)12(7)8;1-7(2)20(8(3)4,9(5)6)19-10-11(13(14,15)16)17-12(10)18/h9-14H,1-8H3;7-11H,1-6H3,(H,17,18)/t13-,14-;10-,11-/m11/s1. The molecule has 0 aromatic rings. The number of amides is 3. The van der Waals surface area contributed by atoms with Gasteiger partial charge in [0, 0.05) is 0 Å². The number of carbonyl (C=O) groups excluding carboxylic acids is 3. The number of ether oxygens (including phenoxy) is 1. The van der Waals surface area contributed by atoms with Gasteiger partial charge in [-0.2, -0.15) is 26.3 Å². The summed E-state index contributed by atoms with van der Waals surface area (Å²) in [6, 6.07) is -4.16. The third-order valence-electron chi connectivity index (χ3n) is 9.20. The Morgan fingerprint density at radius 1 is 0.652 bits per heavy atom. The fraction of sp³-hybridized carbons (Fsp3) is 0.900. The maximum Gasteiger partial charge on any atom is 0.417 e. The first-order chi connectivity index (χ1) is 20.6. The number of halogens is 6. The van der Waals surface area contributed by atoms with Crippen molar-refractivity contribution in [3.63, 3.8) is 0 Å². The molecule has 0 aliphatic carbocycles. The van der Waals surface area contributed by atoms with Crippen LogP contribution in [0, 0.1) is 0 Å². The summed E-state index contributed by atoms with van der Waals surface area (Å²) in [4.78, 5) is 36.0. The van der Waals surface area contributed by atoms with Crippen molar-refractivity contribution in [2.24, 2.45) is 0 Å². The number of hydrogen-bond acceptors (Lipinski definition) is 6. The smallest absolute Gasteiger partial charge is 0.417 e. The van der Waals surface area contributed by atoms with E-state index in [4.69, 9.17) is 13.6 Å². The monoisotopic (exact) mass is 708 g/mol. The Balaban J connectivity index is 0.000000476. The molecule has 0 saturated carbocycles. The van der Waals surface area contributed by atoms with E-state index in [1.165, 1.54) is 13.8 Å². The number of alkyl halides is 6. The second kappa shape index (κ2) is 15.3. The van der Waals surface area contributed by atoms with E-state index in [-0.39, 0.29) is 38.1 Å². The second-order valence-electron chi connectivity index (χ2n) is 14.4. The minimum atomic E-state index is -4.78. The van der Waals surface area contributed by atoms with E-state index < -0.39 is 77.3 Å². The summed E-state index contributed by atoms with van der Waals surface area (Å²) >= 11 is 0. The van der Waals surface area contributed by atoms with Gasteiger partial charge in [-0.1, -0.05) is 83.1 Å². The number of carbonyl (C=O) groups is 3. The predicted octanol–water partition coefficient (Wildman–Crippen LogP) is 8.47. The molecule has 0 bridgehead atoms. The van der Waals surface area contributed by atoms with Crippen LogP contribution in [0.15, 0.2) is 0 Å². The molecule has 0 aromatic heterocycles. The van der Waals surface area contributed by atoms with Crippen LogP contribution in [0.25, 0.3) is 0 Å². The Kier molecular flexibility index (Phi) is 14.1. The Morgan fingerprint density at radius 3 is 1.26 bits per heavy atom. The van der Waals surface area contributed by atoms with Gasteiger partial charge in [-0.15, -0.1) is 0 Å². The molecular weight excluding hydrogens is 654 g/mol. The number of nitrogens with one attached hydrogen (secondary N) is 1. The normalized spacial score (nSPS) is 22.9. The highest BCUT2D eigenvalue weighted by Gasteiger charge is 2.67. The van der Waals surface area contributed by atoms with E-state index >= 15 is 0 Å². The lowest BCUT2D eigenvalue weighted by atomic mass is 9.98. The van der Waals surface area contributed by atoms with Gasteiger partial charge in [0.1, 0.15) is 0 Å². The zero-order valence-corrected chi connectivity index (χ0v) is 31.5. The highest BCUT2D eigenvalue weighted by Crippen LogP contribution is 2.48. The zero-order chi connectivity index (χ0) is 36.5. The Labute approximate surface area is 271 Å². The number of likely N-dealkylation sites (tertiary alicyclic amines) is 1. The predicted molar refractivity (Wildman–Crippen MR) is 168 cm³/mol. The number of rotatable bonds is 11. The SMILES string of the molecule is CC(C)OC(=O)N1C(=O)[C@H](O[Si](C(C)C)(C(C)C)C(C)C)[C@@H]1C(F)(F)F.CC(C)[Si](O[C@H]1C(=O)N[C@H]1C(F)(F)F)(C(C)C)C(C)C. The van der Waals surface area contributed by atoms with Crippen LogP contribution in [-0.4, -0.2) is 82.2 Å². The molecule has 3 amide bonds. The molecule has 2 aliphatic rings. The molecule has 1 N–H and O–H groups in total. The fourth-order valence-electron chi connectivity index (χ4n) is 7.35. The summed E-state index contributed by atoms with van der Waals surface area (Å²) in [7, 11) is -5.20. The first-order valence-electron chi connectivity index (χ1n) is 15.9. The summed E-state index contributed by atoms with van der Waals surface area (Å²) in [5.74, 6) is -1.62. The highest BCUT2D eigenvalue weighted by atomic mass is 28.4. The molecule has 2 saturated heterocycles. The molecule has 4 atom stereocenters. The van der Waals surface area contributed by atoms with Gasteiger partial charge in [-0.25, -0.2) is 9.69 Å². The van der Waals surface area contributed by atoms with Crippen LogP contribution >= 0.6 is 0 Å². The van der Waals surface area contributed by atoms with Crippen molar-refractivity contribution in [2.45, 2.75) is 173 Å². The summed E-state index contributed by atoms with van der Waals surface area (Å²) < 4.78 is 95.9. The molecule has 0 spiro atoms. The molecular formula is C30H54F6N2O6Si2. The maximum absolute atomic E-state index is 13.6. The van der Waals surface area contributed by atoms with Crippen molar-refractivity contribution in [1.29, 1.82) is 0 Å². The van der Waals surface area contributed by atoms with E-state index in [1.54, 1.807) is 0 Å². The third-order valence-corrected chi connectivity index (χ3v) is 21.4. The average molecular weight is 709 g/mol. The van der Waals surface area contributed by atoms with Gasteiger partial charge in [-0.05, 0) is 47.1 Å². The van der Waals surface area contributed by atoms with Gasteiger partial charge in [0.05, 0.1) is 6.10 Å². The quantitative estimate of drug-likeness (QED) is 0.132. The number of β-lactam (4-membered cyclic amide) rings is 2. The minimum Gasteiger partial charge on any atom is -0.446 e. The maximum atomic E-state index is 13.6. The number of nitrogens with zero attached hydrogens (tertiary/aromatic N) is 1. The summed E-state index contributed by atoms with van der Waals surface area (Å²) in [6.07, 6.45) is -14.2. The van der Waals surface area contributed by atoms with E-state index in [0.717, 1.165) is 0 Å². The van der Waals surface area contributed by atoms with Crippen LogP contribution in [0.2, 0.25) is 33.2 Å². The topological polar surface area (TPSA) is 94.2 Å². The van der Waals surface area contributed by atoms with Crippen molar-refractivity contribution in [3.8, 4) is 0 Å². The molecule has 2 rings (SSSR count). The van der Waals surface area contributed by atoms with Crippen LogP contribution in [0.5, 0.6) is 0 Å². The van der Waals surface area contributed by atoms with Gasteiger partial charge in [0.15, 0.2) is 24.3 Å². The van der Waals surface area contributed by atoms with Crippen LogP contribution < -0.4 is 5.32 Å². The van der Waals surface area contributed by atoms with Gasteiger partial charge in [0.2, 0.25) is 16.6 Å². The third kappa shape index (κ3) is 8.49. The largest absolute Gasteiger partial charge is 0.446 e. The first-order valence-corrected chi connectivity index (χ1v) is 20.2. The molecule has 46 heavy (non-hydrogen) atoms. The van der Waals surface area contributed by atoms with Gasteiger partial charge in [0.25, 0.3) is 11.8 Å². The van der Waals surface area contributed by atoms with Crippen molar-refractivity contribution in [3.05, 3.63) is 0 Å². The molecule has 2 aliphatic heterocycles. The van der Waals surface area contributed by atoms with Crippen molar-refractivity contribution in [2.75, 3.05) is 0 Å². The summed E-state index contributed by atoms with van der Waals surface area (Å²) in [6.45, 7) is 26.4. The van der Waals surface area contributed by atoms with Gasteiger partial charge >= 0.3 is 18.4 Å². The molecule has 0 unspecified atom stereocenters. The lowest BCUT2D eigenvalue weighted by molar-refractivity contribution is -0.233. The van der Waals surface area contributed by atoms with E-state index in [9.17, 15) is 40.7 Å². The van der Waals surface area contributed by atoms with Crippen LogP contribution in [0.3, 0.4) is 0 Å². The molecule has 2 fully saturated rings. The molecule has 0 radical (unpaired) electrons. The Bertz CT molecular complexity index is 1020. The molecule has 8 nitrogen and oxygen atoms in total. The number of imide groups is 1. The molecule has 2 heterocycles. The van der Waals surface area contributed by atoms with Crippen LogP contribution in [0.4, 0.5) is 31.1 Å². The molecule has 16 heteroatoms. The highest BCUT2D eigenvalue weighted by molar-refractivity contribution is 6.78. The molecule has 0 aromatic carbocycles. The second-order valence-corrected chi connectivity index (χ2v) is 25.2. The van der Waals surface area contributed by atoms with Crippen molar-refractivity contribution >= 4 is 34.5 Å². The van der Waals surface area contributed by atoms with E-state index in [2.05, 4.69) is 0 Å². The van der Waals surface area contributed by atoms with Crippen LogP contribution in [-0.2, 0) is 23.2 Å². The number of hydrogen-bond donors (Lipinski definition) is 1. The van der Waals surface area contributed by atoms with Gasteiger partial charge < -0.3 is 18.9 Å². The average Bonchev–Trinajstić information content (AvgIpc) is 2.83. The lowest BCUT2D eigenvalue weighted by Gasteiger charge is -2.51.